The number of Topliss-reactive ketones (excluding diaryl/α,β-unsaturated/α-hetero) is 1. The number of hydrogen-bond acceptors (Lipinski definition) is 2. The topological polar surface area (TPSA) is 43.1 Å². The van der Waals surface area contributed by atoms with Gasteiger partial charge in [0, 0.05) is 22.1 Å². The van der Waals surface area contributed by atoms with Crippen molar-refractivity contribution in [3.8, 4) is 0 Å². The highest BCUT2D eigenvalue weighted by Crippen LogP contribution is 2.21. The van der Waals surface area contributed by atoms with Gasteiger partial charge in [0.25, 0.3) is 0 Å². The summed E-state index contributed by atoms with van der Waals surface area (Å²) in [4.78, 5) is 12.1. The summed E-state index contributed by atoms with van der Waals surface area (Å²) >= 11 is 3.30. The third-order valence-electron chi connectivity index (χ3n) is 2.55. The molecule has 0 aromatic heterocycles. The fraction of sp³-hybridized carbons (Fsp3) is 0.0714. The maximum absolute atomic E-state index is 13.0. The van der Waals surface area contributed by atoms with E-state index in [4.69, 9.17) is 5.73 Å². The van der Waals surface area contributed by atoms with Crippen LogP contribution in [0.5, 0.6) is 0 Å². The van der Waals surface area contributed by atoms with Crippen molar-refractivity contribution >= 4 is 27.4 Å². The van der Waals surface area contributed by atoms with Gasteiger partial charge in [-0.3, -0.25) is 4.79 Å². The van der Waals surface area contributed by atoms with Gasteiger partial charge in [0.15, 0.2) is 5.78 Å². The molecule has 2 nitrogen and oxygen atoms in total. The molecular weight excluding hydrogens is 297 g/mol. The number of carbonyl (C=O) groups is 1. The standard InChI is InChI=1S/C14H11BrFNO/c15-13-8-11(17)4-5-12(13)14(18)7-9-2-1-3-10(16)6-9/h1-6,8H,7,17H2. The van der Waals surface area contributed by atoms with E-state index < -0.39 is 0 Å². The summed E-state index contributed by atoms with van der Waals surface area (Å²) in [5.41, 5.74) is 7.40. The fourth-order valence-corrected chi connectivity index (χ4v) is 2.30. The highest BCUT2D eigenvalue weighted by Gasteiger charge is 2.11. The Labute approximate surface area is 113 Å². The Balaban J connectivity index is 2.22. The molecule has 92 valence electrons. The number of nitrogens with two attached hydrogens (primary N) is 1. The predicted octanol–water partition coefficient (Wildman–Crippen LogP) is 3.60. The number of benzene rings is 2. The second-order valence-corrected chi connectivity index (χ2v) is 4.82. The summed E-state index contributed by atoms with van der Waals surface area (Å²) in [7, 11) is 0. The molecule has 0 aliphatic carbocycles. The van der Waals surface area contributed by atoms with Crippen LogP contribution >= 0.6 is 15.9 Å². The average Bonchev–Trinajstić information content (AvgIpc) is 2.28. The predicted molar refractivity (Wildman–Crippen MR) is 73.0 cm³/mol. The Morgan fingerprint density at radius 3 is 2.67 bits per heavy atom. The van der Waals surface area contributed by atoms with Gasteiger partial charge in [-0.2, -0.15) is 0 Å². The third kappa shape index (κ3) is 2.96. The number of anilines is 1. The van der Waals surface area contributed by atoms with Gasteiger partial charge in [0.1, 0.15) is 5.82 Å². The molecule has 0 atom stereocenters. The van der Waals surface area contributed by atoms with Crippen LogP contribution < -0.4 is 5.73 Å². The zero-order valence-corrected chi connectivity index (χ0v) is 11.1. The van der Waals surface area contributed by atoms with E-state index in [1.807, 2.05) is 0 Å². The molecule has 0 aliphatic heterocycles. The summed E-state index contributed by atoms with van der Waals surface area (Å²) < 4.78 is 13.7. The van der Waals surface area contributed by atoms with E-state index in [0.29, 0.717) is 21.3 Å². The molecule has 2 aromatic carbocycles. The first-order chi connectivity index (χ1) is 8.56. The minimum atomic E-state index is -0.336. The molecule has 0 saturated heterocycles. The number of rotatable bonds is 3. The maximum Gasteiger partial charge on any atom is 0.168 e. The zero-order chi connectivity index (χ0) is 13.1. The summed E-state index contributed by atoms with van der Waals surface area (Å²) in [6.07, 6.45) is 0.167. The van der Waals surface area contributed by atoms with Gasteiger partial charge < -0.3 is 5.73 Å². The lowest BCUT2D eigenvalue weighted by Gasteiger charge is -2.05. The van der Waals surface area contributed by atoms with E-state index in [9.17, 15) is 9.18 Å². The van der Waals surface area contributed by atoms with E-state index in [1.54, 1.807) is 30.3 Å². The first kappa shape index (κ1) is 12.8. The summed E-state index contributed by atoms with van der Waals surface area (Å²) in [5.74, 6) is -0.413. The van der Waals surface area contributed by atoms with Crippen molar-refractivity contribution in [2.24, 2.45) is 0 Å². The van der Waals surface area contributed by atoms with Crippen LogP contribution in [-0.2, 0) is 6.42 Å². The highest BCUT2D eigenvalue weighted by molar-refractivity contribution is 9.10. The van der Waals surface area contributed by atoms with E-state index >= 15 is 0 Å². The van der Waals surface area contributed by atoms with Gasteiger partial charge in [0.2, 0.25) is 0 Å². The largest absolute Gasteiger partial charge is 0.399 e. The molecular formula is C14H11BrFNO. The first-order valence-electron chi connectivity index (χ1n) is 5.39. The van der Waals surface area contributed by atoms with Crippen molar-refractivity contribution < 1.29 is 9.18 Å². The Morgan fingerprint density at radius 2 is 2.00 bits per heavy atom. The second kappa shape index (κ2) is 5.31. The first-order valence-corrected chi connectivity index (χ1v) is 6.18. The number of hydrogen-bond donors (Lipinski definition) is 1. The Kier molecular flexibility index (Phi) is 3.77. The van der Waals surface area contributed by atoms with Crippen LogP contribution in [0.2, 0.25) is 0 Å². The van der Waals surface area contributed by atoms with Crippen molar-refractivity contribution in [3.63, 3.8) is 0 Å². The maximum atomic E-state index is 13.0. The quantitative estimate of drug-likeness (QED) is 0.695. The monoisotopic (exact) mass is 307 g/mol. The van der Waals surface area contributed by atoms with Gasteiger partial charge in [0.05, 0.1) is 0 Å². The van der Waals surface area contributed by atoms with Crippen LogP contribution in [0.1, 0.15) is 15.9 Å². The molecule has 2 rings (SSSR count). The fourth-order valence-electron chi connectivity index (χ4n) is 1.69. The van der Waals surface area contributed by atoms with Crippen LogP contribution in [0.3, 0.4) is 0 Å². The highest BCUT2D eigenvalue weighted by atomic mass is 79.9. The molecule has 0 unspecified atom stereocenters. The molecule has 2 N–H and O–H groups in total. The van der Waals surface area contributed by atoms with Crippen molar-refractivity contribution in [1.82, 2.24) is 0 Å². The minimum Gasteiger partial charge on any atom is -0.399 e. The number of nitrogen functional groups attached to an aromatic ring is 1. The lowest BCUT2D eigenvalue weighted by atomic mass is 10.0. The van der Waals surface area contributed by atoms with Crippen molar-refractivity contribution in [2.45, 2.75) is 6.42 Å². The van der Waals surface area contributed by atoms with E-state index in [1.165, 1.54) is 12.1 Å². The Hall–Kier alpha value is -1.68. The Bertz CT molecular complexity index is 598. The second-order valence-electron chi connectivity index (χ2n) is 3.97. The normalized spacial score (nSPS) is 10.3. The summed E-state index contributed by atoms with van der Waals surface area (Å²) in [5, 5.41) is 0. The van der Waals surface area contributed by atoms with Gasteiger partial charge in [-0.15, -0.1) is 0 Å². The molecule has 0 spiro atoms. The van der Waals surface area contributed by atoms with E-state index in [0.717, 1.165) is 0 Å². The van der Waals surface area contributed by atoms with Crippen molar-refractivity contribution in [3.05, 3.63) is 63.9 Å². The number of carbonyl (C=O) groups excluding carboxylic acids is 1. The van der Waals surface area contributed by atoms with Crippen molar-refractivity contribution in [1.29, 1.82) is 0 Å². The molecule has 4 heteroatoms. The molecule has 0 radical (unpaired) electrons. The average molecular weight is 308 g/mol. The summed E-state index contributed by atoms with van der Waals surface area (Å²) in [6.45, 7) is 0. The van der Waals surface area contributed by atoms with E-state index in [-0.39, 0.29) is 18.0 Å². The molecule has 2 aromatic rings. The molecule has 0 saturated carbocycles. The molecule has 0 bridgehead atoms. The lowest BCUT2D eigenvalue weighted by Crippen LogP contribution is -2.05. The third-order valence-corrected chi connectivity index (χ3v) is 3.20. The van der Waals surface area contributed by atoms with Crippen LogP contribution in [0, 0.1) is 5.82 Å². The zero-order valence-electron chi connectivity index (χ0n) is 9.49. The lowest BCUT2D eigenvalue weighted by molar-refractivity contribution is 0.0992. The number of halogens is 2. The molecule has 0 heterocycles. The van der Waals surface area contributed by atoms with Gasteiger partial charge >= 0.3 is 0 Å². The molecule has 0 amide bonds. The van der Waals surface area contributed by atoms with Gasteiger partial charge in [-0.1, -0.05) is 12.1 Å². The SMILES string of the molecule is Nc1ccc(C(=O)Cc2cccc(F)c2)c(Br)c1. The van der Waals surface area contributed by atoms with E-state index in [2.05, 4.69) is 15.9 Å². The van der Waals surface area contributed by atoms with Crippen molar-refractivity contribution in [2.75, 3.05) is 5.73 Å². The summed E-state index contributed by atoms with van der Waals surface area (Å²) in [6, 6.07) is 11.1. The van der Waals surface area contributed by atoms with Gasteiger partial charge in [-0.25, -0.2) is 4.39 Å². The molecule has 18 heavy (non-hydrogen) atoms. The Morgan fingerprint density at radius 1 is 1.22 bits per heavy atom. The molecule has 0 aliphatic rings. The number of ketones is 1. The smallest absolute Gasteiger partial charge is 0.168 e. The van der Waals surface area contributed by atoms with Gasteiger partial charge in [-0.05, 0) is 51.8 Å². The minimum absolute atomic E-state index is 0.0764. The molecule has 0 fully saturated rings. The van der Waals surface area contributed by atoms with Crippen LogP contribution in [0.25, 0.3) is 0 Å². The van der Waals surface area contributed by atoms with Crippen LogP contribution in [0.4, 0.5) is 10.1 Å². The van der Waals surface area contributed by atoms with Crippen LogP contribution in [-0.4, -0.2) is 5.78 Å². The van der Waals surface area contributed by atoms with Crippen LogP contribution in [0.15, 0.2) is 46.9 Å².